The minimum Gasteiger partial charge on any atom is -0.867 e. The molecule has 2 rings (SSSR count). The van der Waals surface area contributed by atoms with Crippen molar-refractivity contribution < 1.29 is 55.4 Å². The minimum atomic E-state index is -0.747. The van der Waals surface area contributed by atoms with Crippen LogP contribution in [0.5, 0.6) is 11.5 Å². The van der Waals surface area contributed by atoms with E-state index in [4.69, 9.17) is 10.4 Å². The number of benzene rings is 2. The third-order valence-corrected chi connectivity index (χ3v) is 3.90. The molecular weight excluding hydrogens is 603 g/mol. The van der Waals surface area contributed by atoms with E-state index < -0.39 is 54.3 Å². The zero-order chi connectivity index (χ0) is 30.3. The molecule has 0 aliphatic heterocycles. The maximum absolute atomic E-state index is 11.5. The van der Waals surface area contributed by atoms with Crippen molar-refractivity contribution in [1.29, 1.82) is 0 Å². The maximum Gasteiger partial charge on any atom is 2.00 e. The van der Waals surface area contributed by atoms with Crippen molar-refractivity contribution in [2.75, 3.05) is 25.0 Å². The fourth-order valence-electron chi connectivity index (χ4n) is 2.42. The molecule has 0 saturated heterocycles. The van der Waals surface area contributed by atoms with Gasteiger partial charge < -0.3 is 20.6 Å². The Balaban J connectivity index is -0.000000512. The summed E-state index contributed by atoms with van der Waals surface area (Å²) in [6.07, 6.45) is 6.56. The quantitative estimate of drug-likeness (QED) is 0.164. The molecule has 2 N–H and O–H groups in total. The monoisotopic (exact) mass is 632 g/mol. The number of aryl methyl sites for hydroxylation is 2. The topological polar surface area (TPSA) is 232 Å². The number of nitro groups is 2. The summed E-state index contributed by atoms with van der Waals surface area (Å²) in [5.41, 5.74) is 0.339. The molecule has 0 aliphatic carbocycles. The van der Waals surface area contributed by atoms with E-state index in [1.54, 1.807) is 38.9 Å². The normalized spacial score (nSPS) is 10.6. The molecule has 2 aromatic rings. The van der Waals surface area contributed by atoms with E-state index in [2.05, 4.69) is 10.3 Å². The molecule has 0 amide bonds. The zero-order valence-electron chi connectivity index (χ0n) is 22.4. The van der Waals surface area contributed by atoms with Gasteiger partial charge in [0.1, 0.15) is 0 Å². The van der Waals surface area contributed by atoms with Gasteiger partial charge in [0, 0.05) is 58.8 Å². The predicted molar refractivity (Wildman–Crippen MR) is 143 cm³/mol. The van der Waals surface area contributed by atoms with Crippen molar-refractivity contribution >= 4 is 44.4 Å². The molecule has 17 heteroatoms. The summed E-state index contributed by atoms with van der Waals surface area (Å²) in [4.78, 5) is 19.6. The van der Waals surface area contributed by atoms with Crippen molar-refractivity contribution in [2.45, 2.75) is 27.7 Å². The Bertz CT molecular complexity index is 1150. The second kappa shape index (κ2) is 19.6. The third-order valence-electron chi connectivity index (χ3n) is 3.90. The van der Waals surface area contributed by atoms with E-state index in [9.17, 15) is 38.9 Å². The maximum atomic E-state index is 11.5. The van der Waals surface area contributed by atoms with Crippen molar-refractivity contribution in [3.8, 4) is 11.5 Å². The van der Waals surface area contributed by atoms with Gasteiger partial charge in [-0.1, -0.05) is 22.4 Å². The Kier molecular flexibility index (Phi) is 20.2. The summed E-state index contributed by atoms with van der Waals surface area (Å²) in [6, 6.07) is 5.28. The number of oxime groups is 2. The standard InChI is InChI=1S/2C9H10N2O4.2C2H6OS.Ni/c2*1-5-3-7(6(2)10-13)9(12)8(4-5)11(14)15;2*1-4(2)3;/h2*3-4,12-13H,1-2H3;2*1-2H3;/q;;;;+2/p-2/b2*10-6+;;;. The first-order chi connectivity index (χ1) is 17.4. The van der Waals surface area contributed by atoms with Gasteiger partial charge >= 0.3 is 16.5 Å². The average Bonchev–Trinajstić information content (AvgIpc) is 2.79. The molecule has 0 fully saturated rings. The van der Waals surface area contributed by atoms with Gasteiger partial charge in [-0.15, -0.1) is 0 Å². The molecule has 0 spiro atoms. The van der Waals surface area contributed by atoms with Crippen molar-refractivity contribution in [2.24, 2.45) is 10.3 Å². The Morgan fingerprint density at radius 3 is 1.13 bits per heavy atom. The van der Waals surface area contributed by atoms with Gasteiger partial charge in [-0.05, 0) is 61.4 Å². The number of hydrogen-bond donors (Lipinski definition) is 2. The largest absolute Gasteiger partial charge is 2.00 e. The van der Waals surface area contributed by atoms with Gasteiger partial charge in [0.15, 0.2) is 0 Å². The molecular formula is C22H30N4NiO10S2. The van der Waals surface area contributed by atoms with Crippen molar-refractivity contribution in [3.05, 3.63) is 66.7 Å². The molecule has 0 saturated carbocycles. The average molecular weight is 633 g/mol. The van der Waals surface area contributed by atoms with Gasteiger partial charge in [-0.2, -0.15) is 0 Å². The van der Waals surface area contributed by atoms with Crippen LogP contribution in [-0.4, -0.2) is 65.1 Å². The summed E-state index contributed by atoms with van der Waals surface area (Å²) in [5, 5.41) is 66.9. The van der Waals surface area contributed by atoms with Crippen LogP contribution in [0.1, 0.15) is 36.1 Å². The fraction of sp³-hybridized carbons (Fsp3) is 0.364. The second-order valence-electron chi connectivity index (χ2n) is 7.69. The van der Waals surface area contributed by atoms with Crippen LogP contribution in [0, 0.1) is 34.1 Å². The van der Waals surface area contributed by atoms with Crippen LogP contribution in [0.25, 0.3) is 0 Å². The molecule has 0 aromatic heterocycles. The summed E-state index contributed by atoms with van der Waals surface area (Å²) < 4.78 is 19.1. The van der Waals surface area contributed by atoms with Gasteiger partial charge in [-0.3, -0.25) is 28.6 Å². The van der Waals surface area contributed by atoms with Crippen molar-refractivity contribution in [1.82, 2.24) is 0 Å². The van der Waals surface area contributed by atoms with Crippen LogP contribution >= 0.6 is 0 Å². The van der Waals surface area contributed by atoms with Gasteiger partial charge in [0.2, 0.25) is 0 Å². The number of nitro benzene ring substituents is 2. The summed E-state index contributed by atoms with van der Waals surface area (Å²) in [5.74, 6) is -1.47. The first-order valence-electron chi connectivity index (χ1n) is 10.2. The first-order valence-corrected chi connectivity index (χ1v) is 14.1. The molecule has 2 aromatic carbocycles. The Morgan fingerprint density at radius 2 is 0.949 bits per heavy atom. The number of rotatable bonds is 4. The number of nitrogens with zero attached hydrogens (tertiary/aromatic N) is 4. The van der Waals surface area contributed by atoms with Crippen LogP contribution in [-0.2, 0) is 38.1 Å². The van der Waals surface area contributed by atoms with E-state index in [1.807, 2.05) is 0 Å². The van der Waals surface area contributed by atoms with E-state index in [0.29, 0.717) is 11.1 Å². The summed E-state index contributed by atoms with van der Waals surface area (Å²) in [7, 11) is -1.22. The number of hydrogen-bond acceptors (Lipinski definition) is 12. The molecule has 0 radical (unpaired) electrons. The molecule has 14 nitrogen and oxygen atoms in total. The first kappa shape index (κ1) is 40.1. The molecule has 0 atom stereocenters. The molecule has 39 heavy (non-hydrogen) atoms. The molecule has 0 aliphatic rings. The molecule has 0 heterocycles. The Labute approximate surface area is 240 Å². The summed E-state index contributed by atoms with van der Waals surface area (Å²) in [6.45, 7) is 6.06. The molecule has 0 unspecified atom stereocenters. The second-order valence-corrected chi connectivity index (χ2v) is 10.7. The van der Waals surface area contributed by atoms with Gasteiger partial charge in [0.25, 0.3) is 11.4 Å². The molecule has 0 bridgehead atoms. The van der Waals surface area contributed by atoms with Crippen LogP contribution < -0.4 is 10.2 Å². The van der Waals surface area contributed by atoms with Crippen LogP contribution in [0.15, 0.2) is 34.6 Å². The summed E-state index contributed by atoms with van der Waals surface area (Å²) >= 11 is 0. The van der Waals surface area contributed by atoms with Crippen LogP contribution in [0.2, 0.25) is 0 Å². The predicted octanol–water partition coefficient (Wildman–Crippen LogP) is 2.34. The van der Waals surface area contributed by atoms with E-state index >= 15 is 0 Å². The minimum absolute atomic E-state index is 0. The van der Waals surface area contributed by atoms with Gasteiger partial charge in [-0.25, -0.2) is 0 Å². The van der Waals surface area contributed by atoms with Crippen LogP contribution in [0.3, 0.4) is 0 Å². The van der Waals surface area contributed by atoms with Gasteiger partial charge in [0.05, 0.1) is 21.3 Å². The SMILES string of the molecule is C/C(=N\O)c1cc(C)cc([N+](=O)[O-])c1[O-].C/C(=N\O)c1cc(C)cc([N+](=O)[O-])c1[O-].CS(C)=O.CS(C)=O.[Ni+2]. The van der Waals surface area contributed by atoms with E-state index in [1.165, 1.54) is 38.1 Å². The molecule has 220 valence electrons. The van der Waals surface area contributed by atoms with Crippen molar-refractivity contribution in [3.63, 3.8) is 0 Å². The Hall–Kier alpha value is -3.43. The smallest absolute Gasteiger partial charge is 0.867 e. The fourth-order valence-corrected chi connectivity index (χ4v) is 2.42. The van der Waals surface area contributed by atoms with E-state index in [-0.39, 0.29) is 39.0 Å². The van der Waals surface area contributed by atoms with E-state index in [0.717, 1.165) is 0 Å². The Morgan fingerprint density at radius 1 is 0.718 bits per heavy atom. The zero-order valence-corrected chi connectivity index (χ0v) is 25.0. The third kappa shape index (κ3) is 15.5. The van der Waals surface area contributed by atoms with Crippen LogP contribution in [0.4, 0.5) is 11.4 Å².